The van der Waals surface area contributed by atoms with E-state index in [9.17, 15) is 0 Å². The van der Waals surface area contributed by atoms with Crippen LogP contribution in [0.2, 0.25) is 0 Å². The van der Waals surface area contributed by atoms with Gasteiger partial charge in [-0.05, 0) is 48.5 Å². The van der Waals surface area contributed by atoms with Gasteiger partial charge in [-0.2, -0.15) is 9.97 Å². The molecule has 6 nitrogen and oxygen atoms in total. The number of rotatable bonds is 4. The Bertz CT molecular complexity index is 3100. The molecular weight excluding hydrogens is 627 g/mol. The normalized spacial score (nSPS) is 11.9. The molecule has 238 valence electrons. The largest absolute Gasteiger partial charge is 0.455 e. The monoisotopic (exact) mass is 653 g/mol. The minimum atomic E-state index is 0.567. The van der Waals surface area contributed by atoms with Crippen LogP contribution in [0.15, 0.2) is 168 Å². The van der Waals surface area contributed by atoms with Crippen molar-refractivity contribution in [3.63, 3.8) is 0 Å². The quantitative estimate of drug-likeness (QED) is 0.190. The molecule has 0 aliphatic carbocycles. The maximum absolute atomic E-state index is 6.58. The van der Waals surface area contributed by atoms with Gasteiger partial charge in [0.25, 0.3) is 0 Å². The van der Waals surface area contributed by atoms with Gasteiger partial charge < -0.3 is 8.98 Å². The Morgan fingerprint density at radius 3 is 1.75 bits per heavy atom. The van der Waals surface area contributed by atoms with Crippen molar-refractivity contribution in [2.45, 2.75) is 0 Å². The van der Waals surface area contributed by atoms with Gasteiger partial charge in [-0.15, -0.1) is 0 Å². The van der Waals surface area contributed by atoms with E-state index in [4.69, 9.17) is 19.4 Å². The molecule has 11 rings (SSSR count). The zero-order valence-electron chi connectivity index (χ0n) is 27.2. The van der Waals surface area contributed by atoms with Crippen molar-refractivity contribution < 1.29 is 4.42 Å². The molecule has 6 heteroatoms. The van der Waals surface area contributed by atoms with E-state index in [0.717, 1.165) is 82.4 Å². The maximum atomic E-state index is 6.58. The van der Waals surface area contributed by atoms with Crippen molar-refractivity contribution in [3.8, 4) is 34.4 Å². The highest BCUT2D eigenvalue weighted by molar-refractivity contribution is 6.24. The van der Waals surface area contributed by atoms with Crippen LogP contribution in [0, 0.1) is 0 Å². The number of hydrogen-bond acceptors (Lipinski definition) is 4. The number of nitrogens with zero attached hydrogens (tertiary/aromatic N) is 5. The Morgan fingerprint density at radius 1 is 0.392 bits per heavy atom. The van der Waals surface area contributed by atoms with Crippen molar-refractivity contribution >= 4 is 65.6 Å². The first-order chi connectivity index (χ1) is 25.3. The van der Waals surface area contributed by atoms with Crippen LogP contribution >= 0.6 is 0 Å². The van der Waals surface area contributed by atoms with Crippen LogP contribution in [0.5, 0.6) is 0 Å². The summed E-state index contributed by atoms with van der Waals surface area (Å²) in [6.07, 6.45) is 0. The molecular formula is C45H27N5O. The van der Waals surface area contributed by atoms with E-state index < -0.39 is 0 Å². The van der Waals surface area contributed by atoms with Gasteiger partial charge >= 0.3 is 0 Å². The Kier molecular flexibility index (Phi) is 5.86. The topological polar surface area (TPSA) is 61.7 Å². The second kappa shape index (κ2) is 10.7. The van der Waals surface area contributed by atoms with E-state index in [1.807, 2.05) is 42.5 Å². The van der Waals surface area contributed by atoms with E-state index in [1.165, 1.54) is 0 Å². The highest BCUT2D eigenvalue weighted by Gasteiger charge is 2.23. The van der Waals surface area contributed by atoms with Crippen molar-refractivity contribution in [3.05, 3.63) is 164 Å². The lowest BCUT2D eigenvalue weighted by Crippen LogP contribution is -2.07. The third-order valence-electron chi connectivity index (χ3n) is 10.0. The molecule has 0 N–H and O–H groups in total. The minimum Gasteiger partial charge on any atom is -0.455 e. The third kappa shape index (κ3) is 4.07. The molecule has 0 amide bonds. The molecule has 0 fully saturated rings. The summed E-state index contributed by atoms with van der Waals surface area (Å²) in [6.45, 7) is 0. The van der Waals surface area contributed by atoms with E-state index in [2.05, 4.69) is 130 Å². The van der Waals surface area contributed by atoms with Crippen LogP contribution in [0.1, 0.15) is 0 Å². The van der Waals surface area contributed by atoms with Crippen LogP contribution in [-0.2, 0) is 0 Å². The number of fused-ring (bicyclic) bond motifs is 10. The van der Waals surface area contributed by atoms with Crippen LogP contribution in [0.25, 0.3) is 100.0 Å². The summed E-state index contributed by atoms with van der Waals surface area (Å²) in [6, 6.07) is 56.6. The predicted octanol–water partition coefficient (Wildman–Crippen LogP) is 11.3. The van der Waals surface area contributed by atoms with Crippen LogP contribution < -0.4 is 0 Å². The standard InChI is InChI=1S/C45H27N5O/c1-2-14-28(15-3-1)43-46-44(48-45(47-43)50-35-21-9-4-16-29(35)30-17-5-10-22-36(30)50)34-20-7-12-24-38(34)49-37-23-11-6-19-33(37)41-39(49)27-26-32-31-18-8-13-25-40(31)51-42(32)41/h1-27H. The molecule has 0 saturated heterocycles. The minimum absolute atomic E-state index is 0.567. The summed E-state index contributed by atoms with van der Waals surface area (Å²) >= 11 is 0. The number of para-hydroxylation sites is 5. The summed E-state index contributed by atoms with van der Waals surface area (Å²) in [4.78, 5) is 15.6. The first-order valence-electron chi connectivity index (χ1n) is 17.0. The second-order valence-electron chi connectivity index (χ2n) is 12.8. The van der Waals surface area contributed by atoms with Crippen LogP contribution in [0.3, 0.4) is 0 Å². The molecule has 0 saturated carbocycles. The number of hydrogen-bond donors (Lipinski definition) is 0. The molecule has 7 aromatic carbocycles. The second-order valence-corrected chi connectivity index (χ2v) is 12.8. The number of benzene rings is 7. The van der Waals surface area contributed by atoms with E-state index >= 15 is 0 Å². The molecule has 0 atom stereocenters. The molecule has 0 aliphatic heterocycles. The van der Waals surface area contributed by atoms with E-state index in [-0.39, 0.29) is 0 Å². The van der Waals surface area contributed by atoms with Crippen LogP contribution in [0.4, 0.5) is 0 Å². The van der Waals surface area contributed by atoms with Gasteiger partial charge in [0.1, 0.15) is 11.2 Å². The molecule has 11 aromatic rings. The average Bonchev–Trinajstić information content (AvgIpc) is 3.86. The molecule has 4 aromatic heterocycles. The lowest BCUT2D eigenvalue weighted by Gasteiger charge is -2.15. The molecule has 51 heavy (non-hydrogen) atoms. The Labute approximate surface area is 291 Å². The summed E-state index contributed by atoms with van der Waals surface area (Å²) in [7, 11) is 0. The van der Waals surface area contributed by atoms with Gasteiger partial charge in [0, 0.05) is 38.1 Å². The highest BCUT2D eigenvalue weighted by atomic mass is 16.3. The fourth-order valence-electron chi connectivity index (χ4n) is 7.79. The molecule has 0 bridgehead atoms. The van der Waals surface area contributed by atoms with Gasteiger partial charge in [-0.25, -0.2) is 4.98 Å². The Hall–Kier alpha value is -7.05. The maximum Gasteiger partial charge on any atom is 0.238 e. The lowest BCUT2D eigenvalue weighted by atomic mass is 10.1. The lowest BCUT2D eigenvalue weighted by molar-refractivity contribution is 0.673. The number of furan rings is 1. The van der Waals surface area contributed by atoms with Gasteiger partial charge in [0.15, 0.2) is 11.6 Å². The van der Waals surface area contributed by atoms with E-state index in [0.29, 0.717) is 17.6 Å². The first kappa shape index (κ1) is 27.9. The fraction of sp³-hybridized carbons (Fsp3) is 0. The van der Waals surface area contributed by atoms with Gasteiger partial charge in [0.05, 0.1) is 33.1 Å². The molecule has 0 radical (unpaired) electrons. The highest BCUT2D eigenvalue weighted by Crippen LogP contribution is 2.42. The van der Waals surface area contributed by atoms with Crippen molar-refractivity contribution in [2.75, 3.05) is 0 Å². The smallest absolute Gasteiger partial charge is 0.238 e. The summed E-state index contributed by atoms with van der Waals surface area (Å²) in [5.74, 6) is 1.77. The summed E-state index contributed by atoms with van der Waals surface area (Å²) in [5, 5.41) is 6.73. The zero-order chi connectivity index (χ0) is 33.5. The Balaban J connectivity index is 1.22. The van der Waals surface area contributed by atoms with Crippen molar-refractivity contribution in [1.29, 1.82) is 0 Å². The van der Waals surface area contributed by atoms with Gasteiger partial charge in [-0.3, -0.25) is 4.57 Å². The molecule has 0 aliphatic rings. The van der Waals surface area contributed by atoms with Crippen molar-refractivity contribution in [2.24, 2.45) is 0 Å². The van der Waals surface area contributed by atoms with Gasteiger partial charge in [0.2, 0.25) is 5.95 Å². The molecule has 4 heterocycles. The SMILES string of the molecule is c1ccc(-c2nc(-c3ccccc3-n3c4ccccc4c4c5oc6ccccc6c5ccc43)nc(-n3c4ccccc4c4ccccc43)n2)cc1. The third-order valence-corrected chi connectivity index (χ3v) is 10.0. The van der Waals surface area contributed by atoms with Crippen molar-refractivity contribution in [1.82, 2.24) is 24.1 Å². The first-order valence-corrected chi connectivity index (χ1v) is 17.0. The molecule has 0 unspecified atom stereocenters. The fourth-order valence-corrected chi connectivity index (χ4v) is 7.79. The summed E-state index contributed by atoms with van der Waals surface area (Å²) in [5.41, 5.74) is 8.77. The van der Waals surface area contributed by atoms with Gasteiger partial charge in [-0.1, -0.05) is 115 Å². The van der Waals surface area contributed by atoms with Crippen LogP contribution in [-0.4, -0.2) is 24.1 Å². The molecule has 0 spiro atoms. The zero-order valence-corrected chi connectivity index (χ0v) is 27.2. The number of aromatic nitrogens is 5. The Morgan fingerprint density at radius 2 is 0.980 bits per heavy atom. The van der Waals surface area contributed by atoms with E-state index in [1.54, 1.807) is 0 Å². The average molecular weight is 654 g/mol. The summed E-state index contributed by atoms with van der Waals surface area (Å²) < 4.78 is 11.1. The predicted molar refractivity (Wildman–Crippen MR) is 207 cm³/mol.